The number of rotatable bonds is 4. The highest BCUT2D eigenvalue weighted by Gasteiger charge is 2.06. The lowest BCUT2D eigenvalue weighted by Gasteiger charge is -2.16. The van der Waals surface area contributed by atoms with E-state index in [2.05, 4.69) is 45.0 Å². The second-order valence-corrected chi connectivity index (χ2v) is 5.75. The van der Waals surface area contributed by atoms with E-state index in [4.69, 9.17) is 5.73 Å². The van der Waals surface area contributed by atoms with Gasteiger partial charge in [0.05, 0.1) is 0 Å². The van der Waals surface area contributed by atoms with Crippen LogP contribution in [-0.4, -0.2) is 6.04 Å². The van der Waals surface area contributed by atoms with Crippen LogP contribution < -0.4 is 11.1 Å². The Morgan fingerprint density at radius 1 is 1.41 bits per heavy atom. The highest BCUT2D eigenvalue weighted by atomic mass is 79.9. The highest BCUT2D eigenvalue weighted by molar-refractivity contribution is 9.10. The van der Waals surface area contributed by atoms with Crippen molar-refractivity contribution in [3.63, 3.8) is 0 Å². The number of nitrogens with two attached hydrogens (primary N) is 1. The highest BCUT2D eigenvalue weighted by Crippen LogP contribution is 2.25. The van der Waals surface area contributed by atoms with Crippen LogP contribution in [0.15, 0.2) is 39.5 Å². The van der Waals surface area contributed by atoms with Crippen molar-refractivity contribution in [1.82, 2.24) is 0 Å². The van der Waals surface area contributed by atoms with Crippen molar-refractivity contribution in [2.24, 2.45) is 0 Å². The Labute approximate surface area is 114 Å². The number of nitrogen functional groups attached to an aromatic ring is 1. The van der Waals surface area contributed by atoms with E-state index in [9.17, 15) is 0 Å². The molecule has 1 heterocycles. The lowest BCUT2D eigenvalue weighted by molar-refractivity contribution is 0.792. The molecule has 0 saturated carbocycles. The minimum atomic E-state index is 0.393. The summed E-state index contributed by atoms with van der Waals surface area (Å²) < 4.78 is 1.01. The first-order chi connectivity index (χ1) is 8.15. The molecule has 1 aromatic carbocycles. The summed E-state index contributed by atoms with van der Waals surface area (Å²) in [4.78, 5) is 0. The van der Waals surface area contributed by atoms with Gasteiger partial charge in [0.25, 0.3) is 0 Å². The van der Waals surface area contributed by atoms with E-state index in [1.807, 2.05) is 18.2 Å². The van der Waals surface area contributed by atoms with Gasteiger partial charge in [-0.15, -0.1) is 0 Å². The molecular formula is C13H15BrN2S. The van der Waals surface area contributed by atoms with Crippen molar-refractivity contribution in [2.45, 2.75) is 19.4 Å². The van der Waals surface area contributed by atoms with E-state index in [0.29, 0.717) is 6.04 Å². The van der Waals surface area contributed by atoms with Crippen LogP contribution in [-0.2, 0) is 6.42 Å². The quantitative estimate of drug-likeness (QED) is 0.833. The third kappa shape index (κ3) is 3.48. The lowest BCUT2D eigenvalue weighted by atomic mass is 10.1. The summed E-state index contributed by atoms with van der Waals surface area (Å²) in [6.07, 6.45) is 1.03. The Morgan fingerprint density at radius 2 is 2.24 bits per heavy atom. The second kappa shape index (κ2) is 5.56. The lowest BCUT2D eigenvalue weighted by Crippen LogP contribution is -2.18. The molecule has 2 aromatic rings. The van der Waals surface area contributed by atoms with E-state index >= 15 is 0 Å². The molecule has 0 radical (unpaired) electrons. The largest absolute Gasteiger partial charge is 0.399 e. The summed E-state index contributed by atoms with van der Waals surface area (Å²) in [5.74, 6) is 0. The van der Waals surface area contributed by atoms with E-state index in [1.54, 1.807) is 11.3 Å². The van der Waals surface area contributed by atoms with Crippen molar-refractivity contribution in [1.29, 1.82) is 0 Å². The molecule has 17 heavy (non-hydrogen) atoms. The Bertz CT molecular complexity index is 482. The molecule has 3 N–H and O–H groups in total. The van der Waals surface area contributed by atoms with Crippen molar-refractivity contribution < 1.29 is 0 Å². The maximum absolute atomic E-state index is 5.71. The number of halogens is 1. The Hall–Kier alpha value is -1.00. The van der Waals surface area contributed by atoms with Crippen molar-refractivity contribution in [2.75, 3.05) is 11.1 Å². The Kier molecular flexibility index (Phi) is 4.07. The molecule has 1 unspecified atom stereocenters. The monoisotopic (exact) mass is 310 g/mol. The van der Waals surface area contributed by atoms with Gasteiger partial charge in [-0.1, -0.05) is 0 Å². The molecule has 0 amide bonds. The molecule has 1 atom stereocenters. The van der Waals surface area contributed by atoms with Gasteiger partial charge in [-0.3, -0.25) is 0 Å². The molecule has 4 heteroatoms. The first-order valence-electron chi connectivity index (χ1n) is 5.48. The fourth-order valence-corrected chi connectivity index (χ4v) is 2.92. The summed E-state index contributed by atoms with van der Waals surface area (Å²) in [5.41, 5.74) is 8.94. The van der Waals surface area contributed by atoms with Crippen LogP contribution in [0, 0.1) is 0 Å². The number of benzene rings is 1. The van der Waals surface area contributed by atoms with E-state index < -0.39 is 0 Å². The summed E-state index contributed by atoms with van der Waals surface area (Å²) >= 11 is 5.25. The van der Waals surface area contributed by atoms with Crippen LogP contribution in [0.4, 0.5) is 11.4 Å². The summed E-state index contributed by atoms with van der Waals surface area (Å²) in [7, 11) is 0. The van der Waals surface area contributed by atoms with Crippen molar-refractivity contribution in [3.8, 4) is 0 Å². The van der Waals surface area contributed by atoms with E-state index in [1.165, 1.54) is 5.56 Å². The van der Waals surface area contributed by atoms with Crippen LogP contribution in [0.3, 0.4) is 0 Å². The normalized spacial score (nSPS) is 12.4. The Balaban J connectivity index is 2.00. The number of hydrogen-bond acceptors (Lipinski definition) is 3. The van der Waals surface area contributed by atoms with Crippen molar-refractivity contribution in [3.05, 3.63) is 45.1 Å². The van der Waals surface area contributed by atoms with E-state index in [0.717, 1.165) is 22.3 Å². The molecule has 0 bridgehead atoms. The second-order valence-electron chi connectivity index (χ2n) is 4.12. The van der Waals surface area contributed by atoms with Gasteiger partial charge in [0.15, 0.2) is 0 Å². The first-order valence-corrected chi connectivity index (χ1v) is 7.21. The van der Waals surface area contributed by atoms with Gasteiger partial charge in [0.1, 0.15) is 0 Å². The van der Waals surface area contributed by atoms with E-state index in [-0.39, 0.29) is 0 Å². The molecular weight excluding hydrogens is 296 g/mol. The minimum absolute atomic E-state index is 0.393. The number of anilines is 2. The van der Waals surface area contributed by atoms with Gasteiger partial charge in [-0.05, 0) is 69.9 Å². The third-order valence-electron chi connectivity index (χ3n) is 2.52. The molecule has 2 nitrogen and oxygen atoms in total. The van der Waals surface area contributed by atoms with Crippen LogP contribution in [0.25, 0.3) is 0 Å². The predicted molar refractivity (Wildman–Crippen MR) is 79.7 cm³/mol. The van der Waals surface area contributed by atoms with Gasteiger partial charge < -0.3 is 11.1 Å². The topological polar surface area (TPSA) is 38.0 Å². The Morgan fingerprint density at radius 3 is 2.88 bits per heavy atom. The van der Waals surface area contributed by atoms with Crippen LogP contribution >= 0.6 is 27.3 Å². The van der Waals surface area contributed by atoms with Gasteiger partial charge in [0, 0.05) is 21.9 Å². The molecule has 1 aromatic heterocycles. The molecule has 0 aliphatic rings. The number of thiophene rings is 1. The summed E-state index contributed by atoms with van der Waals surface area (Å²) in [6, 6.07) is 8.39. The average Bonchev–Trinajstić information content (AvgIpc) is 2.75. The predicted octanol–water partition coefficient (Wildman–Crippen LogP) is 4.14. The third-order valence-corrected chi connectivity index (χ3v) is 3.91. The zero-order chi connectivity index (χ0) is 12.3. The zero-order valence-electron chi connectivity index (χ0n) is 9.61. The molecule has 90 valence electrons. The molecule has 0 saturated heterocycles. The van der Waals surface area contributed by atoms with Gasteiger partial charge in [0.2, 0.25) is 0 Å². The SMILES string of the molecule is CC(Cc1ccsc1)Nc1ccc(N)cc1Br. The molecule has 2 rings (SSSR count). The van der Waals surface area contributed by atoms with Gasteiger partial charge >= 0.3 is 0 Å². The maximum Gasteiger partial charge on any atom is 0.0488 e. The summed E-state index contributed by atoms with van der Waals surface area (Å²) in [6.45, 7) is 2.18. The zero-order valence-corrected chi connectivity index (χ0v) is 12.0. The molecule has 0 spiro atoms. The van der Waals surface area contributed by atoms with Crippen LogP contribution in [0.5, 0.6) is 0 Å². The number of nitrogens with one attached hydrogen (secondary N) is 1. The fraction of sp³-hybridized carbons (Fsp3) is 0.231. The van der Waals surface area contributed by atoms with Crippen LogP contribution in [0.1, 0.15) is 12.5 Å². The average molecular weight is 311 g/mol. The van der Waals surface area contributed by atoms with Crippen LogP contribution in [0.2, 0.25) is 0 Å². The molecule has 0 aliphatic heterocycles. The maximum atomic E-state index is 5.71. The summed E-state index contributed by atoms with van der Waals surface area (Å²) in [5, 5.41) is 7.78. The molecule has 0 fully saturated rings. The smallest absolute Gasteiger partial charge is 0.0488 e. The standard InChI is InChI=1S/C13H15BrN2S/c1-9(6-10-4-5-17-8-10)16-13-3-2-11(15)7-12(13)14/h2-5,7-9,16H,6,15H2,1H3. The molecule has 0 aliphatic carbocycles. The first kappa shape index (κ1) is 12.5. The van der Waals surface area contributed by atoms with Gasteiger partial charge in [-0.25, -0.2) is 0 Å². The van der Waals surface area contributed by atoms with Crippen molar-refractivity contribution >= 4 is 38.6 Å². The van der Waals surface area contributed by atoms with Gasteiger partial charge in [-0.2, -0.15) is 11.3 Å². The number of hydrogen-bond donors (Lipinski definition) is 2. The minimum Gasteiger partial charge on any atom is -0.399 e. The fourth-order valence-electron chi connectivity index (χ4n) is 1.73.